The van der Waals surface area contributed by atoms with Crippen LogP contribution in [-0.2, 0) is 4.79 Å². The van der Waals surface area contributed by atoms with Crippen molar-refractivity contribution in [3.63, 3.8) is 0 Å². The molecule has 2 aromatic rings. The summed E-state index contributed by atoms with van der Waals surface area (Å²) in [4.78, 5) is 25.0. The molecule has 0 bridgehead atoms. The van der Waals surface area contributed by atoms with Gasteiger partial charge in [0.05, 0.1) is 0 Å². The largest absolute Gasteiger partial charge is 0.326 e. The van der Waals surface area contributed by atoms with Crippen molar-refractivity contribution in [2.45, 2.75) is 19.8 Å². The lowest BCUT2D eigenvalue weighted by molar-refractivity contribution is -0.120. The van der Waals surface area contributed by atoms with E-state index < -0.39 is 0 Å². The van der Waals surface area contributed by atoms with Gasteiger partial charge < -0.3 is 16.0 Å². The second-order valence-corrected chi connectivity index (χ2v) is 6.31. The summed E-state index contributed by atoms with van der Waals surface area (Å²) >= 11 is 0. The highest BCUT2D eigenvalue weighted by Crippen LogP contribution is 2.22. The lowest BCUT2D eigenvalue weighted by Gasteiger charge is -2.22. The first kappa shape index (κ1) is 17.2. The van der Waals surface area contributed by atoms with Crippen LogP contribution in [0.15, 0.2) is 48.5 Å². The minimum Gasteiger partial charge on any atom is -0.326 e. The van der Waals surface area contributed by atoms with Crippen LogP contribution in [0.4, 0.5) is 11.4 Å². The Balaban J connectivity index is 1.73. The van der Waals surface area contributed by atoms with Crippen LogP contribution in [0.25, 0.3) is 0 Å². The highest BCUT2D eigenvalue weighted by molar-refractivity contribution is 6.06. The van der Waals surface area contributed by atoms with Gasteiger partial charge in [0.1, 0.15) is 0 Å². The van der Waals surface area contributed by atoms with E-state index in [9.17, 15) is 9.59 Å². The fourth-order valence-corrected chi connectivity index (χ4v) is 3.06. The van der Waals surface area contributed by atoms with Crippen LogP contribution in [0.1, 0.15) is 28.8 Å². The predicted molar refractivity (Wildman–Crippen MR) is 99.8 cm³/mol. The minimum atomic E-state index is -0.179. The zero-order valence-electron chi connectivity index (χ0n) is 14.3. The van der Waals surface area contributed by atoms with Crippen molar-refractivity contribution < 1.29 is 9.59 Å². The van der Waals surface area contributed by atoms with Crippen molar-refractivity contribution in [2.75, 3.05) is 23.7 Å². The van der Waals surface area contributed by atoms with Crippen LogP contribution < -0.4 is 16.0 Å². The number of piperidine rings is 1. The molecule has 25 heavy (non-hydrogen) atoms. The maximum Gasteiger partial charge on any atom is 0.256 e. The predicted octanol–water partition coefficient (Wildman–Crippen LogP) is 3.19. The van der Waals surface area contributed by atoms with Gasteiger partial charge in [0.2, 0.25) is 5.91 Å². The SMILES string of the molecule is Cc1c(NC(=O)C2CCNCC2)cccc1C(=O)Nc1ccccc1. The summed E-state index contributed by atoms with van der Waals surface area (Å²) in [6.07, 6.45) is 1.69. The number of nitrogens with one attached hydrogen (secondary N) is 3. The molecule has 0 unspecified atom stereocenters. The van der Waals surface area contributed by atoms with E-state index in [1.807, 2.05) is 43.3 Å². The molecule has 0 radical (unpaired) electrons. The molecule has 1 heterocycles. The van der Waals surface area contributed by atoms with Gasteiger partial charge in [0.25, 0.3) is 5.91 Å². The van der Waals surface area contributed by atoms with Gasteiger partial charge in [-0.25, -0.2) is 0 Å². The molecule has 1 aliphatic heterocycles. The number of hydrogen-bond donors (Lipinski definition) is 3. The van der Waals surface area contributed by atoms with Gasteiger partial charge in [0.15, 0.2) is 0 Å². The van der Waals surface area contributed by atoms with Crippen molar-refractivity contribution in [2.24, 2.45) is 5.92 Å². The van der Waals surface area contributed by atoms with E-state index >= 15 is 0 Å². The zero-order valence-corrected chi connectivity index (χ0v) is 14.3. The molecule has 2 amide bonds. The second-order valence-electron chi connectivity index (χ2n) is 6.31. The van der Waals surface area contributed by atoms with Gasteiger partial charge in [-0.3, -0.25) is 9.59 Å². The summed E-state index contributed by atoms with van der Waals surface area (Å²) in [5.41, 5.74) is 2.78. The minimum absolute atomic E-state index is 0.0300. The number of rotatable bonds is 4. The van der Waals surface area contributed by atoms with Crippen LogP contribution >= 0.6 is 0 Å². The number of benzene rings is 2. The van der Waals surface area contributed by atoms with Crippen LogP contribution in [0.3, 0.4) is 0 Å². The molecular formula is C20H23N3O2. The monoisotopic (exact) mass is 337 g/mol. The Bertz CT molecular complexity index is 753. The molecule has 3 N–H and O–H groups in total. The third-order valence-electron chi connectivity index (χ3n) is 4.58. The standard InChI is InChI=1S/C20H23N3O2/c1-14-17(20(25)22-16-6-3-2-4-7-16)8-5-9-18(14)23-19(24)15-10-12-21-13-11-15/h2-9,15,21H,10-13H2,1H3,(H,22,25)(H,23,24). The summed E-state index contributed by atoms with van der Waals surface area (Å²) in [5, 5.41) is 9.13. The Kier molecular flexibility index (Phi) is 5.46. The van der Waals surface area contributed by atoms with Gasteiger partial charge in [-0.2, -0.15) is 0 Å². The molecule has 0 spiro atoms. The van der Waals surface area contributed by atoms with Gasteiger partial charge >= 0.3 is 0 Å². The number of anilines is 2. The number of hydrogen-bond acceptors (Lipinski definition) is 3. The van der Waals surface area contributed by atoms with Gasteiger partial charge in [0, 0.05) is 22.9 Å². The fraction of sp³-hybridized carbons (Fsp3) is 0.300. The van der Waals surface area contributed by atoms with E-state index in [2.05, 4.69) is 16.0 Å². The number of carbonyl (C=O) groups is 2. The lowest BCUT2D eigenvalue weighted by Crippen LogP contribution is -2.34. The second kappa shape index (κ2) is 7.94. The first-order valence-corrected chi connectivity index (χ1v) is 8.63. The number of para-hydroxylation sites is 1. The topological polar surface area (TPSA) is 70.2 Å². The van der Waals surface area contributed by atoms with Crippen molar-refractivity contribution >= 4 is 23.2 Å². The van der Waals surface area contributed by atoms with Crippen LogP contribution in [0.5, 0.6) is 0 Å². The van der Waals surface area contributed by atoms with Gasteiger partial charge in [-0.15, -0.1) is 0 Å². The van der Waals surface area contributed by atoms with E-state index in [0.29, 0.717) is 11.3 Å². The summed E-state index contributed by atoms with van der Waals surface area (Å²) in [7, 11) is 0. The molecule has 0 saturated carbocycles. The molecule has 5 nitrogen and oxygen atoms in total. The molecule has 1 saturated heterocycles. The first-order chi connectivity index (χ1) is 12.1. The van der Waals surface area contributed by atoms with Gasteiger partial charge in [-0.05, 0) is 62.7 Å². The molecule has 2 aromatic carbocycles. The summed E-state index contributed by atoms with van der Waals surface area (Å²) in [6.45, 7) is 3.60. The summed E-state index contributed by atoms with van der Waals surface area (Å²) in [6, 6.07) is 14.7. The third-order valence-corrected chi connectivity index (χ3v) is 4.58. The van der Waals surface area contributed by atoms with Crippen molar-refractivity contribution in [3.8, 4) is 0 Å². The maximum absolute atomic E-state index is 12.5. The zero-order chi connectivity index (χ0) is 17.6. The highest BCUT2D eigenvalue weighted by atomic mass is 16.2. The Hall–Kier alpha value is -2.66. The quantitative estimate of drug-likeness (QED) is 0.802. The third kappa shape index (κ3) is 4.25. The Morgan fingerprint density at radius 2 is 1.68 bits per heavy atom. The van der Waals surface area contributed by atoms with E-state index in [-0.39, 0.29) is 17.7 Å². The molecule has 0 aliphatic carbocycles. The van der Waals surface area contributed by atoms with Gasteiger partial charge in [-0.1, -0.05) is 24.3 Å². The molecular weight excluding hydrogens is 314 g/mol. The van der Waals surface area contributed by atoms with E-state index in [0.717, 1.165) is 37.2 Å². The van der Waals surface area contributed by atoms with Crippen LogP contribution in [-0.4, -0.2) is 24.9 Å². The Morgan fingerprint density at radius 3 is 2.40 bits per heavy atom. The summed E-state index contributed by atoms with van der Waals surface area (Å²) in [5.74, 6) is -0.116. The number of amides is 2. The molecule has 0 atom stereocenters. The van der Waals surface area contributed by atoms with Crippen LogP contribution in [0.2, 0.25) is 0 Å². The van der Waals surface area contributed by atoms with E-state index in [1.54, 1.807) is 12.1 Å². The maximum atomic E-state index is 12.5. The average molecular weight is 337 g/mol. The Labute approximate surface area is 147 Å². The van der Waals surface area contributed by atoms with E-state index in [4.69, 9.17) is 0 Å². The van der Waals surface area contributed by atoms with Crippen LogP contribution in [0, 0.1) is 12.8 Å². The van der Waals surface area contributed by atoms with Crippen molar-refractivity contribution in [1.29, 1.82) is 0 Å². The molecule has 1 aliphatic rings. The number of carbonyl (C=O) groups excluding carboxylic acids is 2. The molecule has 5 heteroatoms. The van der Waals surface area contributed by atoms with Crippen molar-refractivity contribution in [1.82, 2.24) is 5.32 Å². The highest BCUT2D eigenvalue weighted by Gasteiger charge is 2.22. The molecule has 0 aromatic heterocycles. The average Bonchev–Trinajstić information content (AvgIpc) is 2.65. The lowest BCUT2D eigenvalue weighted by atomic mass is 9.96. The molecule has 130 valence electrons. The normalized spacial score (nSPS) is 14.8. The van der Waals surface area contributed by atoms with E-state index in [1.165, 1.54) is 0 Å². The molecule has 3 rings (SSSR count). The van der Waals surface area contributed by atoms with Crippen molar-refractivity contribution in [3.05, 3.63) is 59.7 Å². The fourth-order valence-electron chi connectivity index (χ4n) is 3.06. The smallest absolute Gasteiger partial charge is 0.256 e. The molecule has 1 fully saturated rings. The Morgan fingerprint density at radius 1 is 0.960 bits per heavy atom. The first-order valence-electron chi connectivity index (χ1n) is 8.63. The summed E-state index contributed by atoms with van der Waals surface area (Å²) < 4.78 is 0.